The standard InChI is InChI=1S/C17H27NS/c1-12-8-13(2)10-15(9-12)16(18)11-19-17-7-5-4-6-14(17)3/h4-7,12-13,15-16H,8-11,18H2,1-3H3. The Kier molecular flexibility index (Phi) is 5.35. The number of benzene rings is 1. The molecule has 2 N–H and O–H groups in total. The first-order valence-corrected chi connectivity index (χ1v) is 8.48. The largest absolute Gasteiger partial charge is 0.327 e. The summed E-state index contributed by atoms with van der Waals surface area (Å²) in [7, 11) is 0. The maximum atomic E-state index is 6.45. The lowest BCUT2D eigenvalue weighted by Crippen LogP contribution is -2.37. The zero-order chi connectivity index (χ0) is 13.8. The molecule has 1 aromatic carbocycles. The fraction of sp³-hybridized carbons (Fsp3) is 0.647. The second-order valence-corrected chi connectivity index (χ2v) is 7.48. The van der Waals surface area contributed by atoms with Crippen LogP contribution in [0.5, 0.6) is 0 Å². The smallest absolute Gasteiger partial charge is 0.0162 e. The van der Waals surface area contributed by atoms with Crippen molar-refractivity contribution in [1.29, 1.82) is 0 Å². The Hall–Kier alpha value is -0.470. The van der Waals surface area contributed by atoms with Crippen LogP contribution in [0.1, 0.15) is 38.7 Å². The molecule has 2 heteroatoms. The molecule has 19 heavy (non-hydrogen) atoms. The van der Waals surface area contributed by atoms with E-state index in [0.29, 0.717) is 6.04 Å². The van der Waals surface area contributed by atoms with Crippen molar-refractivity contribution >= 4 is 11.8 Å². The Bertz CT molecular complexity index is 394. The van der Waals surface area contributed by atoms with Gasteiger partial charge in [-0.05, 0) is 55.6 Å². The number of aryl methyl sites for hydroxylation is 1. The number of hydrogen-bond donors (Lipinski definition) is 1. The van der Waals surface area contributed by atoms with Crippen LogP contribution >= 0.6 is 11.8 Å². The summed E-state index contributed by atoms with van der Waals surface area (Å²) in [5.74, 6) is 3.47. The second-order valence-electron chi connectivity index (χ2n) is 6.42. The predicted octanol–water partition coefficient (Wildman–Crippen LogP) is 4.49. The maximum absolute atomic E-state index is 6.45. The molecule has 2 rings (SSSR count). The van der Waals surface area contributed by atoms with Gasteiger partial charge in [-0.2, -0.15) is 0 Å². The Morgan fingerprint density at radius 1 is 1.16 bits per heavy atom. The number of rotatable bonds is 4. The van der Waals surface area contributed by atoms with Gasteiger partial charge in [-0.25, -0.2) is 0 Å². The zero-order valence-corrected chi connectivity index (χ0v) is 13.2. The second kappa shape index (κ2) is 6.81. The number of hydrogen-bond acceptors (Lipinski definition) is 2. The molecule has 0 radical (unpaired) electrons. The van der Waals surface area contributed by atoms with Crippen LogP contribution in [0.2, 0.25) is 0 Å². The van der Waals surface area contributed by atoms with Crippen molar-refractivity contribution in [3.63, 3.8) is 0 Å². The summed E-state index contributed by atoms with van der Waals surface area (Å²) < 4.78 is 0. The van der Waals surface area contributed by atoms with E-state index in [2.05, 4.69) is 45.0 Å². The maximum Gasteiger partial charge on any atom is 0.0162 e. The average Bonchev–Trinajstić information content (AvgIpc) is 2.36. The van der Waals surface area contributed by atoms with Crippen molar-refractivity contribution in [1.82, 2.24) is 0 Å². The molecule has 1 nitrogen and oxygen atoms in total. The topological polar surface area (TPSA) is 26.0 Å². The van der Waals surface area contributed by atoms with E-state index < -0.39 is 0 Å². The minimum Gasteiger partial charge on any atom is -0.327 e. The van der Waals surface area contributed by atoms with Gasteiger partial charge in [0.2, 0.25) is 0 Å². The van der Waals surface area contributed by atoms with E-state index in [0.717, 1.165) is 23.5 Å². The highest BCUT2D eigenvalue weighted by Crippen LogP contribution is 2.35. The first-order chi connectivity index (χ1) is 9.06. The fourth-order valence-electron chi connectivity index (χ4n) is 3.40. The van der Waals surface area contributed by atoms with Crippen LogP contribution in [0, 0.1) is 24.7 Å². The summed E-state index contributed by atoms with van der Waals surface area (Å²) in [6.07, 6.45) is 4.02. The molecule has 0 bridgehead atoms. The molecule has 0 amide bonds. The van der Waals surface area contributed by atoms with Crippen molar-refractivity contribution < 1.29 is 0 Å². The van der Waals surface area contributed by atoms with Crippen LogP contribution in [-0.2, 0) is 0 Å². The van der Waals surface area contributed by atoms with Crippen LogP contribution in [0.25, 0.3) is 0 Å². The van der Waals surface area contributed by atoms with Crippen LogP contribution in [0.4, 0.5) is 0 Å². The highest BCUT2D eigenvalue weighted by molar-refractivity contribution is 7.99. The minimum absolute atomic E-state index is 0.342. The Balaban J connectivity index is 1.87. The van der Waals surface area contributed by atoms with Gasteiger partial charge < -0.3 is 5.73 Å². The molecule has 1 saturated carbocycles. The lowest BCUT2D eigenvalue weighted by Gasteiger charge is -2.34. The van der Waals surface area contributed by atoms with Gasteiger partial charge in [0.25, 0.3) is 0 Å². The first kappa shape index (κ1) is 14.9. The summed E-state index contributed by atoms with van der Waals surface area (Å²) in [6, 6.07) is 8.95. The molecule has 0 spiro atoms. The third-order valence-electron chi connectivity index (χ3n) is 4.35. The van der Waals surface area contributed by atoms with E-state index in [1.165, 1.54) is 29.7 Å². The van der Waals surface area contributed by atoms with Crippen molar-refractivity contribution in [2.75, 3.05) is 5.75 Å². The molecular weight excluding hydrogens is 250 g/mol. The van der Waals surface area contributed by atoms with Crippen LogP contribution < -0.4 is 5.73 Å². The molecule has 106 valence electrons. The Labute approximate surface area is 122 Å². The predicted molar refractivity (Wildman–Crippen MR) is 85.5 cm³/mol. The summed E-state index contributed by atoms with van der Waals surface area (Å²) >= 11 is 1.93. The lowest BCUT2D eigenvalue weighted by atomic mass is 9.74. The molecule has 0 aromatic heterocycles. The van der Waals surface area contributed by atoms with E-state index in [4.69, 9.17) is 5.73 Å². The number of nitrogens with two attached hydrogens (primary N) is 1. The molecule has 1 aromatic rings. The third kappa shape index (κ3) is 4.25. The first-order valence-electron chi connectivity index (χ1n) is 7.50. The van der Waals surface area contributed by atoms with Gasteiger partial charge in [-0.1, -0.05) is 32.0 Å². The van der Waals surface area contributed by atoms with Gasteiger partial charge in [0.05, 0.1) is 0 Å². The van der Waals surface area contributed by atoms with Crippen LogP contribution in [0.3, 0.4) is 0 Å². The van der Waals surface area contributed by atoms with Crippen molar-refractivity contribution in [2.24, 2.45) is 23.5 Å². The normalized spacial score (nSPS) is 29.2. The highest BCUT2D eigenvalue weighted by Gasteiger charge is 2.28. The molecule has 0 heterocycles. The molecule has 3 unspecified atom stereocenters. The van der Waals surface area contributed by atoms with Crippen molar-refractivity contribution in [3.8, 4) is 0 Å². The zero-order valence-electron chi connectivity index (χ0n) is 12.4. The van der Waals surface area contributed by atoms with Gasteiger partial charge in [0.15, 0.2) is 0 Å². The lowest BCUT2D eigenvalue weighted by molar-refractivity contribution is 0.200. The Morgan fingerprint density at radius 2 is 1.79 bits per heavy atom. The van der Waals surface area contributed by atoms with Crippen molar-refractivity contribution in [2.45, 2.75) is 51.0 Å². The van der Waals surface area contributed by atoms with E-state index in [-0.39, 0.29) is 0 Å². The SMILES string of the molecule is Cc1ccccc1SCC(N)C1CC(C)CC(C)C1. The van der Waals surface area contributed by atoms with Gasteiger partial charge in [0.1, 0.15) is 0 Å². The van der Waals surface area contributed by atoms with E-state index in [9.17, 15) is 0 Å². The highest BCUT2D eigenvalue weighted by atomic mass is 32.2. The third-order valence-corrected chi connectivity index (χ3v) is 5.67. The van der Waals surface area contributed by atoms with Crippen molar-refractivity contribution in [3.05, 3.63) is 29.8 Å². The van der Waals surface area contributed by atoms with Crippen LogP contribution in [-0.4, -0.2) is 11.8 Å². The molecule has 1 fully saturated rings. The summed E-state index contributed by atoms with van der Waals surface area (Å²) in [6.45, 7) is 6.94. The minimum atomic E-state index is 0.342. The number of thioether (sulfide) groups is 1. The van der Waals surface area contributed by atoms with Gasteiger partial charge in [0, 0.05) is 16.7 Å². The summed E-state index contributed by atoms with van der Waals surface area (Å²) in [5, 5.41) is 0. The Morgan fingerprint density at radius 3 is 2.42 bits per heavy atom. The molecule has 1 aliphatic carbocycles. The molecule has 0 aliphatic heterocycles. The molecule has 3 atom stereocenters. The quantitative estimate of drug-likeness (QED) is 0.821. The summed E-state index contributed by atoms with van der Waals surface area (Å²) in [5.41, 5.74) is 7.82. The van der Waals surface area contributed by atoms with E-state index in [1.54, 1.807) is 0 Å². The van der Waals surface area contributed by atoms with Crippen LogP contribution in [0.15, 0.2) is 29.2 Å². The molecular formula is C17H27NS. The van der Waals surface area contributed by atoms with Gasteiger partial charge in [-0.3, -0.25) is 0 Å². The average molecular weight is 277 g/mol. The van der Waals surface area contributed by atoms with Gasteiger partial charge in [-0.15, -0.1) is 11.8 Å². The van der Waals surface area contributed by atoms with E-state index >= 15 is 0 Å². The monoisotopic (exact) mass is 277 g/mol. The summed E-state index contributed by atoms with van der Waals surface area (Å²) in [4.78, 5) is 1.38. The van der Waals surface area contributed by atoms with E-state index in [1.807, 2.05) is 11.8 Å². The molecule has 0 saturated heterocycles. The van der Waals surface area contributed by atoms with Gasteiger partial charge >= 0.3 is 0 Å². The fourth-order valence-corrected chi connectivity index (χ4v) is 4.51. The molecule has 1 aliphatic rings.